The van der Waals surface area contributed by atoms with E-state index in [0.29, 0.717) is 5.02 Å². The van der Waals surface area contributed by atoms with Crippen LogP contribution in [0.4, 0.5) is 11.5 Å². The fourth-order valence-corrected chi connectivity index (χ4v) is 2.61. The van der Waals surface area contributed by atoms with Crippen molar-refractivity contribution in [2.75, 3.05) is 17.7 Å². The van der Waals surface area contributed by atoms with Crippen molar-refractivity contribution in [3.63, 3.8) is 0 Å². The molecule has 2 aromatic heterocycles. The molecule has 0 spiro atoms. The van der Waals surface area contributed by atoms with E-state index >= 15 is 0 Å². The van der Waals surface area contributed by atoms with Gasteiger partial charge in [-0.3, -0.25) is 9.59 Å². The molecule has 11 heteroatoms. The first-order valence-corrected chi connectivity index (χ1v) is 9.07. The maximum Gasteiger partial charge on any atom is 0.340 e. The standard InChI is InChI=1S/C19H13Cl2N5O4/c1-30-19(29)12-4-2-3-11(17(27)25-15-6-5-10(20)7-24-15)16(12)26-18(28)13-8-23-14(21)9-22-13/h2-9H,1H3,(H,26,28)(H,24,25,27). The van der Waals surface area contributed by atoms with Gasteiger partial charge in [0.2, 0.25) is 0 Å². The molecule has 0 fully saturated rings. The molecular weight excluding hydrogens is 433 g/mol. The molecule has 2 amide bonds. The van der Waals surface area contributed by atoms with Crippen LogP contribution in [0.3, 0.4) is 0 Å². The van der Waals surface area contributed by atoms with E-state index in [1.54, 1.807) is 6.07 Å². The number of nitrogens with zero attached hydrogens (tertiary/aromatic N) is 3. The number of hydrogen-bond donors (Lipinski definition) is 2. The summed E-state index contributed by atoms with van der Waals surface area (Å²) in [4.78, 5) is 49.2. The van der Waals surface area contributed by atoms with Crippen molar-refractivity contribution in [1.29, 1.82) is 0 Å². The topological polar surface area (TPSA) is 123 Å². The number of benzene rings is 1. The first-order chi connectivity index (χ1) is 14.4. The molecule has 2 N–H and O–H groups in total. The molecule has 3 rings (SSSR count). The molecule has 152 valence electrons. The van der Waals surface area contributed by atoms with Gasteiger partial charge >= 0.3 is 5.97 Å². The van der Waals surface area contributed by atoms with Gasteiger partial charge in [-0.05, 0) is 24.3 Å². The van der Waals surface area contributed by atoms with Gasteiger partial charge in [-0.2, -0.15) is 0 Å². The summed E-state index contributed by atoms with van der Waals surface area (Å²) >= 11 is 11.5. The number of hydrogen-bond acceptors (Lipinski definition) is 7. The summed E-state index contributed by atoms with van der Waals surface area (Å²) in [5, 5.41) is 5.60. The van der Waals surface area contributed by atoms with Crippen LogP contribution in [0.1, 0.15) is 31.2 Å². The summed E-state index contributed by atoms with van der Waals surface area (Å²) in [7, 11) is 1.18. The highest BCUT2D eigenvalue weighted by molar-refractivity contribution is 6.30. The summed E-state index contributed by atoms with van der Waals surface area (Å²) in [6, 6.07) is 7.38. The van der Waals surface area contributed by atoms with Crippen molar-refractivity contribution in [3.05, 3.63) is 75.9 Å². The molecule has 0 saturated heterocycles. The van der Waals surface area contributed by atoms with Gasteiger partial charge in [0.15, 0.2) is 0 Å². The molecule has 1 aromatic carbocycles. The van der Waals surface area contributed by atoms with Crippen LogP contribution in [0.2, 0.25) is 10.2 Å². The fraction of sp³-hybridized carbons (Fsp3) is 0.0526. The lowest BCUT2D eigenvalue weighted by molar-refractivity contribution is 0.0602. The molecule has 0 saturated carbocycles. The Labute approximate surface area is 180 Å². The van der Waals surface area contributed by atoms with Gasteiger partial charge in [-0.1, -0.05) is 29.3 Å². The van der Waals surface area contributed by atoms with E-state index < -0.39 is 17.8 Å². The third-order valence-electron chi connectivity index (χ3n) is 3.77. The third-order valence-corrected chi connectivity index (χ3v) is 4.19. The number of pyridine rings is 1. The van der Waals surface area contributed by atoms with Crippen LogP contribution in [0.5, 0.6) is 0 Å². The predicted octanol–water partition coefficient (Wildman–Crippen LogP) is 3.47. The summed E-state index contributed by atoms with van der Waals surface area (Å²) < 4.78 is 4.75. The zero-order chi connectivity index (χ0) is 21.7. The van der Waals surface area contributed by atoms with Crippen molar-refractivity contribution in [1.82, 2.24) is 15.0 Å². The van der Waals surface area contributed by atoms with Crippen LogP contribution in [-0.4, -0.2) is 39.8 Å². The number of carbonyl (C=O) groups is 3. The normalized spacial score (nSPS) is 10.2. The smallest absolute Gasteiger partial charge is 0.340 e. The fourth-order valence-electron chi connectivity index (χ4n) is 2.40. The molecule has 0 aliphatic rings. The SMILES string of the molecule is COC(=O)c1cccc(C(=O)Nc2ccc(Cl)cn2)c1NC(=O)c1cnc(Cl)cn1. The summed E-state index contributed by atoms with van der Waals surface area (Å²) in [6.45, 7) is 0. The number of para-hydroxylation sites is 1. The Morgan fingerprint density at radius 1 is 0.867 bits per heavy atom. The average molecular weight is 446 g/mol. The number of halogens is 2. The average Bonchev–Trinajstić information content (AvgIpc) is 2.75. The second kappa shape index (κ2) is 9.29. The number of nitrogens with one attached hydrogen (secondary N) is 2. The quantitative estimate of drug-likeness (QED) is 0.576. The van der Waals surface area contributed by atoms with Crippen LogP contribution in [0.25, 0.3) is 0 Å². The Kier molecular flexibility index (Phi) is 6.55. The van der Waals surface area contributed by atoms with Crippen molar-refractivity contribution >= 4 is 52.5 Å². The van der Waals surface area contributed by atoms with E-state index in [0.717, 1.165) is 6.20 Å². The lowest BCUT2D eigenvalue weighted by atomic mass is 10.1. The Morgan fingerprint density at radius 3 is 2.27 bits per heavy atom. The number of esters is 1. The van der Waals surface area contributed by atoms with E-state index in [9.17, 15) is 14.4 Å². The highest BCUT2D eigenvalue weighted by Crippen LogP contribution is 2.24. The largest absolute Gasteiger partial charge is 0.465 e. The van der Waals surface area contributed by atoms with Crippen molar-refractivity contribution in [2.45, 2.75) is 0 Å². The molecule has 30 heavy (non-hydrogen) atoms. The highest BCUT2D eigenvalue weighted by Gasteiger charge is 2.22. The minimum Gasteiger partial charge on any atom is -0.465 e. The van der Waals surface area contributed by atoms with Crippen molar-refractivity contribution in [3.8, 4) is 0 Å². The van der Waals surface area contributed by atoms with E-state index in [1.165, 1.54) is 43.8 Å². The van der Waals surface area contributed by atoms with Gasteiger partial charge in [0, 0.05) is 6.20 Å². The van der Waals surface area contributed by atoms with Gasteiger partial charge in [-0.25, -0.2) is 19.7 Å². The first kappa shape index (κ1) is 21.2. The van der Waals surface area contributed by atoms with Crippen LogP contribution in [0.15, 0.2) is 48.9 Å². The van der Waals surface area contributed by atoms with E-state index in [4.69, 9.17) is 27.9 Å². The molecule has 9 nitrogen and oxygen atoms in total. The zero-order valence-electron chi connectivity index (χ0n) is 15.3. The molecule has 0 aliphatic carbocycles. The predicted molar refractivity (Wildman–Crippen MR) is 110 cm³/mol. The first-order valence-electron chi connectivity index (χ1n) is 8.32. The molecule has 0 radical (unpaired) electrons. The van der Waals surface area contributed by atoms with E-state index in [1.807, 2.05) is 0 Å². The van der Waals surface area contributed by atoms with Crippen molar-refractivity contribution < 1.29 is 19.1 Å². The minimum atomic E-state index is -0.744. The Hall–Kier alpha value is -3.56. The number of carbonyl (C=O) groups excluding carboxylic acids is 3. The monoisotopic (exact) mass is 445 g/mol. The van der Waals surface area contributed by atoms with Gasteiger partial charge < -0.3 is 15.4 Å². The second-order valence-corrected chi connectivity index (χ2v) is 6.54. The number of rotatable bonds is 5. The van der Waals surface area contributed by atoms with Crippen LogP contribution in [0, 0.1) is 0 Å². The van der Waals surface area contributed by atoms with Gasteiger partial charge in [0.05, 0.1) is 41.3 Å². The minimum absolute atomic E-state index is 0.00456. The summed E-state index contributed by atoms with van der Waals surface area (Å²) in [6.07, 6.45) is 3.72. The number of methoxy groups -OCH3 is 1. The maximum atomic E-state index is 12.8. The van der Waals surface area contributed by atoms with Gasteiger partial charge in [0.25, 0.3) is 11.8 Å². The molecule has 3 aromatic rings. The summed E-state index contributed by atoms with van der Waals surface area (Å²) in [5.41, 5.74) is -0.142. The number of amides is 2. The molecule has 0 unspecified atom stereocenters. The second-order valence-electron chi connectivity index (χ2n) is 5.71. The van der Waals surface area contributed by atoms with Crippen LogP contribution < -0.4 is 10.6 Å². The summed E-state index contributed by atoms with van der Waals surface area (Å²) in [5.74, 6) is -1.83. The lowest BCUT2D eigenvalue weighted by Gasteiger charge is -2.14. The van der Waals surface area contributed by atoms with Gasteiger partial charge in [0.1, 0.15) is 16.7 Å². The van der Waals surface area contributed by atoms with E-state index in [2.05, 4.69) is 25.6 Å². The highest BCUT2D eigenvalue weighted by atomic mass is 35.5. The Morgan fingerprint density at radius 2 is 1.63 bits per heavy atom. The van der Waals surface area contributed by atoms with E-state index in [-0.39, 0.29) is 33.5 Å². The Balaban J connectivity index is 1.97. The number of ether oxygens (including phenoxy) is 1. The maximum absolute atomic E-state index is 12.8. The lowest BCUT2D eigenvalue weighted by Crippen LogP contribution is -2.22. The Bertz CT molecular complexity index is 1100. The van der Waals surface area contributed by atoms with Crippen molar-refractivity contribution in [2.24, 2.45) is 0 Å². The van der Waals surface area contributed by atoms with Crippen LogP contribution >= 0.6 is 23.2 Å². The zero-order valence-corrected chi connectivity index (χ0v) is 16.9. The van der Waals surface area contributed by atoms with Gasteiger partial charge in [-0.15, -0.1) is 0 Å². The van der Waals surface area contributed by atoms with Crippen LogP contribution in [-0.2, 0) is 4.74 Å². The molecule has 0 aliphatic heterocycles. The molecule has 0 atom stereocenters. The number of anilines is 2. The third kappa shape index (κ3) is 4.88. The molecule has 2 heterocycles. The number of aromatic nitrogens is 3. The molecular formula is C19H13Cl2N5O4. The molecule has 0 bridgehead atoms.